The molecular weight excluding hydrogens is 683 g/mol. The van der Waals surface area contributed by atoms with Crippen LogP contribution in [0.15, 0.2) is 188 Å². The van der Waals surface area contributed by atoms with E-state index < -0.39 is 13.3 Å². The molecule has 5 nitrogen and oxygen atoms in total. The van der Waals surface area contributed by atoms with Gasteiger partial charge in [-0.25, -0.2) is 0 Å². The molecule has 0 atom stereocenters. The number of rotatable bonds is 4. The first-order valence-corrected chi connectivity index (χ1v) is 21.4. The fraction of sp³-hybridized carbons (Fsp3) is 0. The molecule has 10 rings (SSSR count). The van der Waals surface area contributed by atoms with Gasteiger partial charge >= 0.3 is 301 Å². The molecule has 6 aromatic carbocycles. The topological polar surface area (TPSA) is 45.2 Å². The second kappa shape index (κ2) is 11.9. The summed E-state index contributed by atoms with van der Waals surface area (Å²) in [5.41, 5.74) is 9.55. The molecular formula is C45H31GeN5. The van der Waals surface area contributed by atoms with Crippen LogP contribution in [0.25, 0.3) is 22.5 Å². The third kappa shape index (κ3) is 4.52. The monoisotopic (exact) mass is 715 g/mol. The Morgan fingerprint density at radius 3 is 1.33 bits per heavy atom. The molecule has 0 fully saturated rings. The zero-order valence-corrected chi connectivity index (χ0v) is 29.7. The summed E-state index contributed by atoms with van der Waals surface area (Å²) in [6, 6.07) is 63.3. The van der Waals surface area contributed by atoms with Crippen LogP contribution in [0.3, 0.4) is 0 Å². The first-order chi connectivity index (χ1) is 25.3. The van der Waals surface area contributed by atoms with E-state index >= 15 is 0 Å². The van der Waals surface area contributed by atoms with E-state index in [0.717, 1.165) is 39.6 Å². The number of nitrogens with zero attached hydrogens (tertiary/aromatic N) is 5. The molecule has 0 unspecified atom stereocenters. The Hall–Kier alpha value is -6.31. The number of anilines is 6. The summed E-state index contributed by atoms with van der Waals surface area (Å²) in [4.78, 5) is 19.8. The van der Waals surface area contributed by atoms with Crippen LogP contribution >= 0.6 is 0 Å². The van der Waals surface area contributed by atoms with Gasteiger partial charge in [0.15, 0.2) is 0 Å². The summed E-state index contributed by atoms with van der Waals surface area (Å²) in [5, 5.41) is 0. The summed E-state index contributed by atoms with van der Waals surface area (Å²) in [6.45, 7) is 0. The second-order valence-corrected chi connectivity index (χ2v) is 20.5. The Labute approximate surface area is 299 Å². The van der Waals surface area contributed by atoms with Crippen LogP contribution in [0, 0.1) is 0 Å². The zero-order chi connectivity index (χ0) is 33.8. The fourth-order valence-electron chi connectivity index (χ4n) is 8.10. The van der Waals surface area contributed by atoms with Crippen molar-refractivity contribution in [3.8, 4) is 22.5 Å². The van der Waals surface area contributed by atoms with Gasteiger partial charge in [-0.2, -0.15) is 0 Å². The number of hydrogen-bond donors (Lipinski definition) is 0. The van der Waals surface area contributed by atoms with Crippen molar-refractivity contribution in [1.82, 2.24) is 15.0 Å². The van der Waals surface area contributed by atoms with Gasteiger partial charge in [-0.05, 0) is 0 Å². The van der Waals surface area contributed by atoms with Crippen LogP contribution in [-0.4, -0.2) is 28.2 Å². The van der Waals surface area contributed by atoms with Crippen molar-refractivity contribution in [1.29, 1.82) is 0 Å². The van der Waals surface area contributed by atoms with E-state index in [4.69, 9.17) is 9.97 Å². The SMILES string of the molecule is c1ccc(-c2cc(-c3cccnc3)nc(N3c4cccc[c]4[Ge]4([c]5ccccc5N(c5ccccc5)c5cccc[c]54)[c]4ccccc43)n2)cc1. The molecule has 2 aromatic heterocycles. The van der Waals surface area contributed by atoms with Crippen LogP contribution in [0.1, 0.15) is 0 Å². The number of aromatic nitrogens is 3. The number of hydrogen-bond acceptors (Lipinski definition) is 5. The average molecular weight is 714 g/mol. The normalized spacial score (nSPS) is 13.6. The summed E-state index contributed by atoms with van der Waals surface area (Å²) in [6.07, 6.45) is 3.67. The maximum absolute atomic E-state index is 5.33. The molecule has 1 spiro atoms. The van der Waals surface area contributed by atoms with E-state index in [1.807, 2.05) is 18.3 Å². The van der Waals surface area contributed by atoms with E-state index in [1.54, 1.807) is 6.20 Å². The van der Waals surface area contributed by atoms with Crippen LogP contribution in [0.5, 0.6) is 0 Å². The van der Waals surface area contributed by atoms with Gasteiger partial charge in [0, 0.05) is 0 Å². The van der Waals surface area contributed by atoms with E-state index in [0.29, 0.717) is 5.95 Å². The van der Waals surface area contributed by atoms with E-state index in [-0.39, 0.29) is 0 Å². The van der Waals surface area contributed by atoms with Gasteiger partial charge < -0.3 is 0 Å². The van der Waals surface area contributed by atoms with Gasteiger partial charge in [-0.1, -0.05) is 0 Å². The Kier molecular flexibility index (Phi) is 6.92. The molecule has 240 valence electrons. The van der Waals surface area contributed by atoms with Crippen LogP contribution in [-0.2, 0) is 0 Å². The predicted molar refractivity (Wildman–Crippen MR) is 211 cm³/mol. The number of fused-ring (bicyclic) bond motifs is 8. The molecule has 2 aliphatic heterocycles. The van der Waals surface area contributed by atoms with Gasteiger partial charge in [0.25, 0.3) is 0 Å². The van der Waals surface area contributed by atoms with Gasteiger partial charge in [0.05, 0.1) is 0 Å². The molecule has 8 aromatic rings. The molecule has 51 heavy (non-hydrogen) atoms. The second-order valence-electron chi connectivity index (χ2n) is 12.9. The van der Waals surface area contributed by atoms with Crippen molar-refractivity contribution in [2.24, 2.45) is 0 Å². The van der Waals surface area contributed by atoms with E-state index in [1.165, 1.54) is 29.0 Å². The number of benzene rings is 6. The van der Waals surface area contributed by atoms with E-state index in [9.17, 15) is 0 Å². The van der Waals surface area contributed by atoms with Gasteiger partial charge in [0.1, 0.15) is 0 Å². The van der Waals surface area contributed by atoms with Crippen LogP contribution < -0.4 is 27.4 Å². The molecule has 0 aliphatic carbocycles. The molecule has 0 bridgehead atoms. The van der Waals surface area contributed by atoms with Gasteiger partial charge in [-0.15, -0.1) is 0 Å². The van der Waals surface area contributed by atoms with Crippen molar-refractivity contribution < 1.29 is 0 Å². The van der Waals surface area contributed by atoms with Crippen molar-refractivity contribution in [2.75, 3.05) is 9.80 Å². The molecule has 0 saturated carbocycles. The van der Waals surface area contributed by atoms with Crippen LogP contribution in [0.2, 0.25) is 0 Å². The standard InChI is InChI=1S/C45H31GeN5/c1-3-16-32(17-4-1)39-30-40(33-18-15-29-47-31-33)49-45(48-39)51-43-27-13-9-23-37(43)46(38-24-10-14-28-44(38)51)35-21-7-11-25-41(35)50(34-19-5-2-6-20-34)42-26-12-8-22-36(42)46/h1-31H. The Balaban J connectivity index is 1.28. The number of para-hydroxylation sites is 5. The molecule has 0 radical (unpaired) electrons. The Bertz CT molecular complexity index is 2400. The molecule has 4 heterocycles. The average Bonchev–Trinajstić information content (AvgIpc) is 3.21. The summed E-state index contributed by atoms with van der Waals surface area (Å²) in [5.74, 6) is 0.635. The minimum atomic E-state index is -3.71. The van der Waals surface area contributed by atoms with Crippen LogP contribution in [0.4, 0.5) is 34.4 Å². The van der Waals surface area contributed by atoms with Crippen molar-refractivity contribution in [2.45, 2.75) is 0 Å². The molecule has 0 amide bonds. The zero-order valence-electron chi connectivity index (χ0n) is 27.6. The maximum atomic E-state index is 5.33. The van der Waals surface area contributed by atoms with E-state index in [2.05, 4.69) is 179 Å². The minimum absolute atomic E-state index is 0.635. The van der Waals surface area contributed by atoms with Crippen molar-refractivity contribution >= 4 is 65.2 Å². The van der Waals surface area contributed by atoms with Crippen molar-refractivity contribution in [3.05, 3.63) is 188 Å². The Morgan fingerprint density at radius 2 is 0.824 bits per heavy atom. The molecule has 2 aliphatic rings. The predicted octanol–water partition coefficient (Wildman–Crippen LogP) is 8.15. The fourth-order valence-corrected chi connectivity index (χ4v) is 19.5. The quantitative estimate of drug-likeness (QED) is 0.172. The third-order valence-corrected chi connectivity index (χ3v) is 20.5. The van der Waals surface area contributed by atoms with Gasteiger partial charge in [0.2, 0.25) is 0 Å². The summed E-state index contributed by atoms with van der Waals surface area (Å²) in [7, 11) is 0. The summed E-state index contributed by atoms with van der Waals surface area (Å²) >= 11 is -3.71. The Morgan fingerprint density at radius 1 is 0.392 bits per heavy atom. The third-order valence-electron chi connectivity index (χ3n) is 10.2. The molecule has 0 N–H and O–H groups in total. The molecule has 0 saturated heterocycles. The first kappa shape index (κ1) is 29.6. The summed E-state index contributed by atoms with van der Waals surface area (Å²) < 4.78 is 5.55. The van der Waals surface area contributed by atoms with Gasteiger partial charge in [-0.3, -0.25) is 0 Å². The van der Waals surface area contributed by atoms with Crippen molar-refractivity contribution in [3.63, 3.8) is 0 Å². The first-order valence-electron chi connectivity index (χ1n) is 17.2. The number of pyridine rings is 1. The molecule has 6 heteroatoms.